The quantitative estimate of drug-likeness (QED) is 0.395. The number of carbonyl (C=O) groups is 1. The molecule has 1 atom stereocenters. The Balaban J connectivity index is 1.93. The van der Waals surface area contributed by atoms with E-state index in [2.05, 4.69) is 41.7 Å². The van der Waals surface area contributed by atoms with Gasteiger partial charge >= 0.3 is 0 Å². The van der Waals surface area contributed by atoms with Crippen LogP contribution in [0.25, 0.3) is 0 Å². The van der Waals surface area contributed by atoms with Crippen LogP contribution in [0.3, 0.4) is 0 Å². The van der Waals surface area contributed by atoms with E-state index in [0.717, 1.165) is 25.2 Å². The average Bonchev–Trinajstić information content (AvgIpc) is 3.10. The first kappa shape index (κ1) is 25.5. The van der Waals surface area contributed by atoms with Crippen molar-refractivity contribution in [3.8, 4) is 0 Å². The van der Waals surface area contributed by atoms with Crippen molar-refractivity contribution in [2.24, 2.45) is 5.41 Å². The molecule has 1 heterocycles. The van der Waals surface area contributed by atoms with Crippen molar-refractivity contribution in [1.82, 2.24) is 25.6 Å². The van der Waals surface area contributed by atoms with Crippen molar-refractivity contribution in [3.05, 3.63) is 11.9 Å². The van der Waals surface area contributed by atoms with E-state index in [9.17, 15) is 4.79 Å². The monoisotopic (exact) mass is 413 g/mol. The number of nitrogens with zero attached hydrogens (tertiary/aromatic N) is 3. The molecule has 1 aromatic heterocycles. The first-order valence-corrected chi connectivity index (χ1v) is 10.4. The standard InChI is InChI=1S/C20H39N5O4/c1-17(20(2,3)4)22-19(26)7-10-27-11-12-28-13-14-29-16-18-15-25(24-23-18)9-6-8-21-5/h15,17,21H,6-14,16H2,1-5H3,(H,22,26). The number of hydrogen-bond acceptors (Lipinski definition) is 7. The Hall–Kier alpha value is -1.55. The van der Waals surface area contributed by atoms with E-state index in [-0.39, 0.29) is 17.4 Å². The van der Waals surface area contributed by atoms with Crippen molar-refractivity contribution in [2.75, 3.05) is 46.6 Å². The van der Waals surface area contributed by atoms with Gasteiger partial charge in [-0.15, -0.1) is 5.10 Å². The molecule has 1 unspecified atom stereocenters. The molecule has 168 valence electrons. The highest BCUT2D eigenvalue weighted by molar-refractivity contribution is 5.76. The third-order valence-electron chi connectivity index (χ3n) is 4.54. The van der Waals surface area contributed by atoms with Gasteiger partial charge < -0.3 is 24.8 Å². The summed E-state index contributed by atoms with van der Waals surface area (Å²) < 4.78 is 18.3. The van der Waals surface area contributed by atoms with Crippen LogP contribution in [0.15, 0.2) is 6.20 Å². The van der Waals surface area contributed by atoms with Gasteiger partial charge in [0.25, 0.3) is 0 Å². The molecule has 1 aromatic rings. The van der Waals surface area contributed by atoms with Crippen molar-refractivity contribution in [1.29, 1.82) is 0 Å². The second kappa shape index (κ2) is 14.4. The lowest BCUT2D eigenvalue weighted by Gasteiger charge is -2.28. The van der Waals surface area contributed by atoms with Crippen LogP contribution in [0.1, 0.15) is 46.2 Å². The third kappa shape index (κ3) is 12.6. The fourth-order valence-corrected chi connectivity index (χ4v) is 2.24. The van der Waals surface area contributed by atoms with Crippen LogP contribution >= 0.6 is 0 Å². The molecule has 0 spiro atoms. The van der Waals surface area contributed by atoms with E-state index < -0.39 is 0 Å². The number of ether oxygens (including phenoxy) is 3. The Morgan fingerprint density at radius 1 is 1.14 bits per heavy atom. The van der Waals surface area contributed by atoms with Gasteiger partial charge in [-0.1, -0.05) is 26.0 Å². The summed E-state index contributed by atoms with van der Waals surface area (Å²) in [5, 5.41) is 14.2. The maximum absolute atomic E-state index is 11.8. The van der Waals surface area contributed by atoms with Crippen LogP contribution < -0.4 is 10.6 Å². The van der Waals surface area contributed by atoms with E-state index in [1.54, 1.807) is 0 Å². The minimum atomic E-state index is 0.0145. The second-order valence-corrected chi connectivity index (χ2v) is 8.11. The first-order valence-electron chi connectivity index (χ1n) is 10.4. The molecule has 0 radical (unpaired) electrons. The highest BCUT2D eigenvalue weighted by atomic mass is 16.5. The van der Waals surface area contributed by atoms with Gasteiger partial charge in [-0.25, -0.2) is 0 Å². The number of nitrogens with one attached hydrogen (secondary N) is 2. The Morgan fingerprint density at radius 2 is 1.79 bits per heavy atom. The Morgan fingerprint density at radius 3 is 2.45 bits per heavy atom. The predicted molar refractivity (Wildman–Crippen MR) is 112 cm³/mol. The topological polar surface area (TPSA) is 99.5 Å². The highest BCUT2D eigenvalue weighted by Gasteiger charge is 2.21. The largest absolute Gasteiger partial charge is 0.379 e. The van der Waals surface area contributed by atoms with Gasteiger partial charge in [-0.2, -0.15) is 0 Å². The fraction of sp³-hybridized carbons (Fsp3) is 0.850. The van der Waals surface area contributed by atoms with Crippen LogP contribution in [0.5, 0.6) is 0 Å². The van der Waals surface area contributed by atoms with Gasteiger partial charge in [-0.05, 0) is 32.4 Å². The van der Waals surface area contributed by atoms with Gasteiger partial charge in [0.1, 0.15) is 5.69 Å². The lowest BCUT2D eigenvalue weighted by atomic mass is 9.88. The van der Waals surface area contributed by atoms with Gasteiger partial charge in [0.2, 0.25) is 5.91 Å². The highest BCUT2D eigenvalue weighted by Crippen LogP contribution is 2.18. The van der Waals surface area contributed by atoms with Crippen LogP contribution in [-0.4, -0.2) is 73.6 Å². The molecule has 0 saturated heterocycles. The first-order chi connectivity index (χ1) is 13.8. The fourth-order valence-electron chi connectivity index (χ4n) is 2.24. The van der Waals surface area contributed by atoms with Crippen molar-refractivity contribution in [2.45, 2.75) is 59.7 Å². The zero-order valence-corrected chi connectivity index (χ0v) is 18.7. The van der Waals surface area contributed by atoms with Gasteiger partial charge in [0, 0.05) is 19.0 Å². The Labute approximate surface area is 174 Å². The number of hydrogen-bond donors (Lipinski definition) is 2. The molecule has 0 aliphatic rings. The van der Waals surface area contributed by atoms with E-state index in [4.69, 9.17) is 14.2 Å². The smallest absolute Gasteiger partial charge is 0.222 e. The molecule has 0 aliphatic carbocycles. The summed E-state index contributed by atoms with van der Waals surface area (Å²) in [6, 6.07) is 0.126. The molecule has 1 rings (SSSR count). The van der Waals surface area contributed by atoms with Gasteiger partial charge in [-0.3, -0.25) is 9.48 Å². The van der Waals surface area contributed by atoms with E-state index >= 15 is 0 Å². The number of rotatable bonds is 16. The minimum absolute atomic E-state index is 0.0145. The Kier molecular flexibility index (Phi) is 12.7. The summed E-state index contributed by atoms with van der Waals surface area (Å²) >= 11 is 0. The molecule has 9 heteroatoms. The summed E-state index contributed by atoms with van der Waals surface area (Å²) in [7, 11) is 1.93. The Bertz CT molecular complexity index is 559. The SMILES string of the molecule is CNCCCn1cc(COCCOCCOCCC(=O)NC(C)C(C)(C)C)nn1. The molecular formula is C20H39N5O4. The molecule has 1 amide bonds. The maximum atomic E-state index is 11.8. The zero-order chi connectivity index (χ0) is 21.5. The van der Waals surface area contributed by atoms with Gasteiger partial charge in [0.05, 0.1) is 45.8 Å². The number of aromatic nitrogens is 3. The van der Waals surface area contributed by atoms with Gasteiger partial charge in [0.15, 0.2) is 0 Å². The van der Waals surface area contributed by atoms with Crippen LogP contribution in [0.2, 0.25) is 0 Å². The average molecular weight is 414 g/mol. The van der Waals surface area contributed by atoms with E-state index in [1.807, 2.05) is 24.9 Å². The number of aryl methyl sites for hydroxylation is 1. The van der Waals surface area contributed by atoms with Crippen LogP contribution in [-0.2, 0) is 32.2 Å². The number of carbonyl (C=O) groups excluding carboxylic acids is 1. The molecular weight excluding hydrogens is 374 g/mol. The summed E-state index contributed by atoms with van der Waals surface area (Å²) in [5.41, 5.74) is 0.867. The van der Waals surface area contributed by atoms with Crippen molar-refractivity contribution >= 4 is 5.91 Å². The molecule has 0 aliphatic heterocycles. The predicted octanol–water partition coefficient (Wildman–Crippen LogP) is 1.38. The van der Waals surface area contributed by atoms with E-state index in [1.165, 1.54) is 0 Å². The number of amides is 1. The lowest BCUT2D eigenvalue weighted by molar-refractivity contribution is -0.123. The van der Waals surface area contributed by atoms with Crippen LogP contribution in [0, 0.1) is 5.41 Å². The lowest BCUT2D eigenvalue weighted by Crippen LogP contribution is -2.41. The molecule has 29 heavy (non-hydrogen) atoms. The molecule has 0 fully saturated rings. The minimum Gasteiger partial charge on any atom is -0.379 e. The summed E-state index contributed by atoms with van der Waals surface area (Å²) in [6.07, 6.45) is 3.28. The molecule has 0 bridgehead atoms. The summed E-state index contributed by atoms with van der Waals surface area (Å²) in [4.78, 5) is 11.8. The summed E-state index contributed by atoms with van der Waals surface area (Å²) in [6.45, 7) is 12.9. The molecule has 0 aromatic carbocycles. The maximum Gasteiger partial charge on any atom is 0.222 e. The second-order valence-electron chi connectivity index (χ2n) is 8.11. The van der Waals surface area contributed by atoms with E-state index in [0.29, 0.717) is 46.1 Å². The molecule has 2 N–H and O–H groups in total. The van der Waals surface area contributed by atoms with Crippen LogP contribution in [0.4, 0.5) is 0 Å². The molecule has 0 saturated carbocycles. The zero-order valence-electron chi connectivity index (χ0n) is 18.7. The van der Waals surface area contributed by atoms with Crippen molar-refractivity contribution < 1.29 is 19.0 Å². The molecule has 9 nitrogen and oxygen atoms in total. The van der Waals surface area contributed by atoms with Crippen molar-refractivity contribution in [3.63, 3.8) is 0 Å². The third-order valence-corrected chi connectivity index (χ3v) is 4.54. The summed E-state index contributed by atoms with van der Waals surface area (Å²) in [5.74, 6) is 0.0145. The normalized spacial score (nSPS) is 12.9.